The molecule has 0 saturated carbocycles. The molecule has 0 spiro atoms. The molecule has 0 radical (unpaired) electrons. The normalized spacial score (nSPS) is 14.8. The third kappa shape index (κ3) is 3.91. The zero-order valence-corrected chi connectivity index (χ0v) is 17.7. The topological polar surface area (TPSA) is 41.9 Å². The van der Waals surface area contributed by atoms with Crippen molar-refractivity contribution in [2.24, 2.45) is 5.10 Å². The van der Waals surface area contributed by atoms with Gasteiger partial charge in [-0.1, -0.05) is 78.9 Å². The molecule has 0 saturated heterocycles. The number of hydrogen-bond donors (Lipinski definition) is 0. The van der Waals surface area contributed by atoms with Crippen LogP contribution in [0, 0.1) is 0 Å². The molecule has 4 nitrogen and oxygen atoms in total. The molecule has 0 N–H and O–H groups in total. The van der Waals surface area contributed by atoms with Crippen LogP contribution in [0.2, 0.25) is 0 Å². The lowest BCUT2D eigenvalue weighted by molar-refractivity contribution is -0.114. The fourth-order valence-corrected chi connectivity index (χ4v) is 3.79. The average molecular weight is 418 g/mol. The zero-order valence-electron chi connectivity index (χ0n) is 17.7. The van der Waals surface area contributed by atoms with E-state index in [1.807, 2.05) is 104 Å². The van der Waals surface area contributed by atoms with Crippen LogP contribution < -0.4 is 9.75 Å². The number of carbonyl (C=O) groups is 1. The summed E-state index contributed by atoms with van der Waals surface area (Å²) in [6, 6.07) is 31.8. The Balaban J connectivity index is 1.42. The van der Waals surface area contributed by atoms with Gasteiger partial charge in [-0.25, -0.2) is 0 Å². The molecule has 32 heavy (non-hydrogen) atoms. The van der Waals surface area contributed by atoms with Crippen molar-refractivity contribution < 1.29 is 9.53 Å². The second-order valence-corrected chi connectivity index (χ2v) is 7.70. The Bertz CT molecular complexity index is 1360. The molecule has 1 heterocycles. The number of carbonyl (C=O) groups excluding carboxylic acids is 1. The first-order valence-electron chi connectivity index (χ1n) is 10.6. The number of nitrogens with zero attached hydrogens (tertiary/aromatic N) is 2. The minimum atomic E-state index is -0.143. The van der Waals surface area contributed by atoms with E-state index in [2.05, 4.69) is 11.2 Å². The van der Waals surface area contributed by atoms with Crippen LogP contribution in [-0.4, -0.2) is 11.6 Å². The first-order valence-corrected chi connectivity index (χ1v) is 10.6. The largest absolute Gasteiger partial charge is 0.488 e. The van der Waals surface area contributed by atoms with Crippen LogP contribution in [0.25, 0.3) is 16.8 Å². The van der Waals surface area contributed by atoms with E-state index in [4.69, 9.17) is 4.74 Å². The van der Waals surface area contributed by atoms with E-state index in [0.717, 1.165) is 33.3 Å². The van der Waals surface area contributed by atoms with Crippen molar-refractivity contribution in [1.29, 1.82) is 0 Å². The predicted molar refractivity (Wildman–Crippen MR) is 130 cm³/mol. The van der Waals surface area contributed by atoms with E-state index < -0.39 is 0 Å². The molecule has 1 aliphatic rings. The first-order chi connectivity index (χ1) is 15.7. The number of para-hydroxylation sites is 1. The fourth-order valence-electron chi connectivity index (χ4n) is 3.79. The van der Waals surface area contributed by atoms with Gasteiger partial charge >= 0.3 is 0 Å². The number of ether oxygens (including phenoxy) is 1. The third-order valence-corrected chi connectivity index (χ3v) is 5.50. The number of amides is 1. The summed E-state index contributed by atoms with van der Waals surface area (Å²) in [6.07, 6.45) is 1.86. The lowest BCUT2D eigenvalue weighted by Gasteiger charge is -2.13. The second-order valence-electron chi connectivity index (χ2n) is 7.70. The maximum absolute atomic E-state index is 13.2. The van der Waals surface area contributed by atoms with E-state index in [1.54, 1.807) is 0 Å². The van der Waals surface area contributed by atoms with Crippen molar-refractivity contribution >= 4 is 34.2 Å². The van der Waals surface area contributed by atoms with Gasteiger partial charge in [0.15, 0.2) is 0 Å². The molecule has 0 atom stereocenters. The van der Waals surface area contributed by atoms with Crippen LogP contribution in [0.4, 0.5) is 5.69 Å². The molecule has 1 amide bonds. The molecule has 4 aromatic rings. The van der Waals surface area contributed by atoms with Gasteiger partial charge in [-0.05, 0) is 47.5 Å². The molecular weight excluding hydrogens is 396 g/mol. The van der Waals surface area contributed by atoms with E-state index in [0.29, 0.717) is 17.9 Å². The van der Waals surface area contributed by atoms with Gasteiger partial charge < -0.3 is 4.74 Å². The third-order valence-electron chi connectivity index (χ3n) is 5.50. The summed E-state index contributed by atoms with van der Waals surface area (Å²) < 4.78 is 6.05. The van der Waals surface area contributed by atoms with Gasteiger partial charge in [-0.15, -0.1) is 0 Å². The van der Waals surface area contributed by atoms with Gasteiger partial charge in [0.2, 0.25) is 0 Å². The van der Waals surface area contributed by atoms with Crippen molar-refractivity contribution in [3.05, 3.63) is 114 Å². The van der Waals surface area contributed by atoms with Crippen molar-refractivity contribution in [3.8, 4) is 5.75 Å². The number of hydrazone groups is 1. The van der Waals surface area contributed by atoms with E-state index >= 15 is 0 Å². The van der Waals surface area contributed by atoms with Crippen LogP contribution in [-0.2, 0) is 11.4 Å². The van der Waals surface area contributed by atoms with Crippen LogP contribution in [0.15, 0.2) is 108 Å². The number of fused-ring (bicyclic) bond motifs is 1. The molecule has 0 unspecified atom stereocenters. The molecule has 0 aliphatic carbocycles. The van der Waals surface area contributed by atoms with E-state index in [-0.39, 0.29) is 5.91 Å². The van der Waals surface area contributed by atoms with Gasteiger partial charge in [0.25, 0.3) is 5.91 Å². The minimum Gasteiger partial charge on any atom is -0.488 e. The highest BCUT2D eigenvalue weighted by Crippen LogP contribution is 2.30. The van der Waals surface area contributed by atoms with Gasteiger partial charge in [-0.2, -0.15) is 10.1 Å². The maximum atomic E-state index is 13.2. The van der Waals surface area contributed by atoms with Crippen molar-refractivity contribution in [1.82, 2.24) is 0 Å². The molecule has 0 bridgehead atoms. The molecule has 0 aromatic heterocycles. The average Bonchev–Trinajstić information content (AvgIpc) is 3.12. The van der Waals surface area contributed by atoms with Crippen LogP contribution >= 0.6 is 0 Å². The lowest BCUT2D eigenvalue weighted by Crippen LogP contribution is -2.21. The van der Waals surface area contributed by atoms with Gasteiger partial charge in [-0.3, -0.25) is 4.79 Å². The standard InChI is InChI=1S/C28H22N2O2/c1-20-26(18-24-13-7-8-14-27(24)32-19-21-9-3-2-4-10-21)28(31)30(29-20)25-16-15-22-11-5-6-12-23(22)17-25/h2-18H,19H2,1H3/b26-18-. The summed E-state index contributed by atoms with van der Waals surface area (Å²) in [5.41, 5.74) is 3.94. The molecule has 5 rings (SSSR count). The summed E-state index contributed by atoms with van der Waals surface area (Å²) >= 11 is 0. The second kappa shape index (κ2) is 8.52. The van der Waals surface area contributed by atoms with Crippen LogP contribution in [0.1, 0.15) is 18.1 Å². The van der Waals surface area contributed by atoms with Gasteiger partial charge in [0, 0.05) is 5.56 Å². The number of rotatable bonds is 5. The molecule has 156 valence electrons. The molecule has 0 fully saturated rings. The Morgan fingerprint density at radius 1 is 0.844 bits per heavy atom. The maximum Gasteiger partial charge on any atom is 0.280 e. The summed E-state index contributed by atoms with van der Waals surface area (Å²) in [6.45, 7) is 2.32. The molecular formula is C28H22N2O2. The molecule has 4 aromatic carbocycles. The smallest absolute Gasteiger partial charge is 0.280 e. The molecule has 4 heteroatoms. The Labute approximate surface area is 187 Å². The Kier molecular flexibility index (Phi) is 5.26. The first kappa shape index (κ1) is 19.8. The minimum absolute atomic E-state index is 0.143. The zero-order chi connectivity index (χ0) is 21.9. The van der Waals surface area contributed by atoms with E-state index in [1.165, 1.54) is 5.01 Å². The fraction of sp³-hybridized carbons (Fsp3) is 0.0714. The molecule has 1 aliphatic heterocycles. The van der Waals surface area contributed by atoms with Crippen LogP contribution in [0.5, 0.6) is 5.75 Å². The predicted octanol–water partition coefficient (Wildman–Crippen LogP) is 6.22. The Hall–Kier alpha value is -4.18. The summed E-state index contributed by atoms with van der Waals surface area (Å²) in [5, 5.41) is 8.21. The highest BCUT2D eigenvalue weighted by Gasteiger charge is 2.29. The van der Waals surface area contributed by atoms with Crippen LogP contribution in [0.3, 0.4) is 0 Å². The van der Waals surface area contributed by atoms with E-state index in [9.17, 15) is 4.79 Å². The quantitative estimate of drug-likeness (QED) is 0.361. The number of anilines is 1. The van der Waals surface area contributed by atoms with Crippen molar-refractivity contribution in [2.45, 2.75) is 13.5 Å². The Morgan fingerprint density at radius 2 is 1.56 bits per heavy atom. The highest BCUT2D eigenvalue weighted by molar-refractivity contribution is 6.32. The summed E-state index contributed by atoms with van der Waals surface area (Å²) in [7, 11) is 0. The summed E-state index contributed by atoms with van der Waals surface area (Å²) in [4.78, 5) is 13.2. The lowest BCUT2D eigenvalue weighted by atomic mass is 10.1. The Morgan fingerprint density at radius 3 is 2.41 bits per heavy atom. The van der Waals surface area contributed by atoms with Gasteiger partial charge in [0.1, 0.15) is 12.4 Å². The monoisotopic (exact) mass is 418 g/mol. The van der Waals surface area contributed by atoms with Crippen molar-refractivity contribution in [2.75, 3.05) is 5.01 Å². The van der Waals surface area contributed by atoms with Crippen molar-refractivity contribution in [3.63, 3.8) is 0 Å². The SMILES string of the molecule is CC1=NN(c2ccc3ccccc3c2)C(=O)/C1=C\c1ccccc1OCc1ccccc1. The summed E-state index contributed by atoms with van der Waals surface area (Å²) in [5.74, 6) is 0.587. The number of hydrogen-bond acceptors (Lipinski definition) is 3. The highest BCUT2D eigenvalue weighted by atomic mass is 16.5. The van der Waals surface area contributed by atoms with Gasteiger partial charge in [0.05, 0.1) is 17.0 Å². The number of benzene rings is 4.